The molecule has 2 rings (SSSR count). The Morgan fingerprint density at radius 2 is 2.06 bits per heavy atom. The van der Waals surface area contributed by atoms with Crippen molar-refractivity contribution in [3.63, 3.8) is 0 Å². The van der Waals surface area contributed by atoms with Crippen LogP contribution in [0.4, 0.5) is 4.39 Å². The third-order valence-corrected chi connectivity index (χ3v) is 3.51. The molecule has 2 nitrogen and oxygen atoms in total. The van der Waals surface area contributed by atoms with Crippen LogP contribution in [0.15, 0.2) is 30.5 Å². The zero-order chi connectivity index (χ0) is 12.3. The lowest BCUT2D eigenvalue weighted by atomic mass is 10.1. The number of aryl methyl sites for hydroxylation is 1. The first-order valence-electron chi connectivity index (χ1n) is 5.62. The highest BCUT2D eigenvalue weighted by atomic mass is 32.1. The second-order valence-corrected chi connectivity index (χ2v) is 5.09. The first-order chi connectivity index (χ1) is 8.20. The van der Waals surface area contributed by atoms with Crippen LogP contribution in [0, 0.1) is 12.7 Å². The number of thiazole rings is 1. The second kappa shape index (κ2) is 5.38. The number of nitrogens with zero attached hydrogens (tertiary/aromatic N) is 1. The molecular formula is C13H15FN2S. The predicted octanol–water partition coefficient (Wildman–Crippen LogP) is 3.29. The van der Waals surface area contributed by atoms with E-state index in [0.29, 0.717) is 0 Å². The molecule has 0 aliphatic carbocycles. The van der Waals surface area contributed by atoms with Crippen molar-refractivity contribution < 1.29 is 4.39 Å². The van der Waals surface area contributed by atoms with E-state index in [-0.39, 0.29) is 11.9 Å². The second-order valence-electron chi connectivity index (χ2n) is 3.82. The van der Waals surface area contributed by atoms with Gasteiger partial charge in [0.05, 0.1) is 11.0 Å². The molecule has 1 atom stereocenters. The standard InChI is InChI=1S/C13H15FN2S/c1-3-15-13(12-8-16-9(2)17-12)10-4-6-11(14)7-5-10/h4-8,13,15H,3H2,1-2H3. The van der Waals surface area contributed by atoms with E-state index in [2.05, 4.69) is 17.2 Å². The number of benzene rings is 1. The fraction of sp³-hybridized carbons (Fsp3) is 0.308. The Labute approximate surface area is 105 Å². The Kier molecular flexibility index (Phi) is 3.86. The molecule has 0 fully saturated rings. The fourth-order valence-electron chi connectivity index (χ4n) is 1.75. The minimum Gasteiger partial charge on any atom is -0.306 e. The van der Waals surface area contributed by atoms with Crippen molar-refractivity contribution in [3.05, 3.63) is 51.7 Å². The third kappa shape index (κ3) is 2.90. The van der Waals surface area contributed by atoms with Crippen LogP contribution in [0.5, 0.6) is 0 Å². The number of hydrogen-bond acceptors (Lipinski definition) is 3. The summed E-state index contributed by atoms with van der Waals surface area (Å²) in [6.45, 7) is 4.91. The smallest absolute Gasteiger partial charge is 0.123 e. The van der Waals surface area contributed by atoms with Gasteiger partial charge in [-0.15, -0.1) is 11.3 Å². The van der Waals surface area contributed by atoms with Gasteiger partial charge in [-0.25, -0.2) is 9.37 Å². The van der Waals surface area contributed by atoms with Crippen molar-refractivity contribution in [2.75, 3.05) is 6.54 Å². The summed E-state index contributed by atoms with van der Waals surface area (Å²) in [4.78, 5) is 5.43. The monoisotopic (exact) mass is 250 g/mol. The Hall–Kier alpha value is -1.26. The first-order valence-corrected chi connectivity index (χ1v) is 6.43. The molecule has 1 N–H and O–H groups in total. The maximum absolute atomic E-state index is 12.9. The maximum atomic E-state index is 12.9. The van der Waals surface area contributed by atoms with Crippen LogP contribution in [-0.4, -0.2) is 11.5 Å². The quantitative estimate of drug-likeness (QED) is 0.900. The van der Waals surface area contributed by atoms with Crippen LogP contribution in [-0.2, 0) is 0 Å². The zero-order valence-corrected chi connectivity index (χ0v) is 10.7. The van der Waals surface area contributed by atoms with Crippen molar-refractivity contribution >= 4 is 11.3 Å². The zero-order valence-electron chi connectivity index (χ0n) is 9.90. The Balaban J connectivity index is 2.31. The van der Waals surface area contributed by atoms with E-state index in [0.717, 1.165) is 22.0 Å². The molecule has 1 aromatic heterocycles. The van der Waals surface area contributed by atoms with Crippen molar-refractivity contribution in [2.45, 2.75) is 19.9 Å². The summed E-state index contributed by atoms with van der Waals surface area (Å²) in [6, 6.07) is 6.73. The summed E-state index contributed by atoms with van der Waals surface area (Å²) in [5.74, 6) is -0.204. The van der Waals surface area contributed by atoms with Crippen molar-refractivity contribution in [2.24, 2.45) is 0 Å². The summed E-state index contributed by atoms with van der Waals surface area (Å²) >= 11 is 1.67. The number of halogens is 1. The molecular weight excluding hydrogens is 235 g/mol. The van der Waals surface area contributed by atoms with E-state index in [9.17, 15) is 4.39 Å². The number of rotatable bonds is 4. The fourth-order valence-corrected chi connectivity index (χ4v) is 2.64. The molecule has 1 aromatic carbocycles. The SMILES string of the molecule is CCNC(c1ccc(F)cc1)c1cnc(C)s1. The average Bonchev–Trinajstić information content (AvgIpc) is 2.74. The molecule has 90 valence electrons. The van der Waals surface area contributed by atoms with Gasteiger partial charge in [-0.05, 0) is 31.2 Å². The van der Waals surface area contributed by atoms with E-state index in [1.165, 1.54) is 12.1 Å². The van der Waals surface area contributed by atoms with Crippen LogP contribution in [0.25, 0.3) is 0 Å². The average molecular weight is 250 g/mol. The molecule has 1 heterocycles. The molecule has 0 bridgehead atoms. The van der Waals surface area contributed by atoms with E-state index in [4.69, 9.17) is 0 Å². The predicted molar refractivity (Wildman–Crippen MR) is 68.8 cm³/mol. The molecule has 0 amide bonds. The van der Waals surface area contributed by atoms with Gasteiger partial charge >= 0.3 is 0 Å². The van der Waals surface area contributed by atoms with Gasteiger partial charge in [-0.2, -0.15) is 0 Å². The van der Waals surface area contributed by atoms with Gasteiger partial charge in [0.1, 0.15) is 5.82 Å². The van der Waals surface area contributed by atoms with Crippen LogP contribution < -0.4 is 5.32 Å². The lowest BCUT2D eigenvalue weighted by molar-refractivity contribution is 0.616. The molecule has 0 aliphatic heterocycles. The van der Waals surface area contributed by atoms with Crippen LogP contribution in [0.1, 0.15) is 28.4 Å². The number of aromatic nitrogens is 1. The molecule has 1 unspecified atom stereocenters. The van der Waals surface area contributed by atoms with Gasteiger partial charge in [0.15, 0.2) is 0 Å². The van der Waals surface area contributed by atoms with Crippen molar-refractivity contribution in [3.8, 4) is 0 Å². The molecule has 0 aliphatic rings. The summed E-state index contributed by atoms with van der Waals surface area (Å²) < 4.78 is 12.9. The van der Waals surface area contributed by atoms with Crippen LogP contribution in [0.2, 0.25) is 0 Å². The molecule has 0 radical (unpaired) electrons. The molecule has 0 saturated heterocycles. The lowest BCUT2D eigenvalue weighted by Crippen LogP contribution is -2.21. The van der Waals surface area contributed by atoms with Gasteiger partial charge in [-0.3, -0.25) is 0 Å². The van der Waals surface area contributed by atoms with Gasteiger partial charge in [0.25, 0.3) is 0 Å². The van der Waals surface area contributed by atoms with Gasteiger partial charge < -0.3 is 5.32 Å². The molecule has 17 heavy (non-hydrogen) atoms. The van der Waals surface area contributed by atoms with Gasteiger partial charge in [-0.1, -0.05) is 19.1 Å². The highest BCUT2D eigenvalue weighted by Crippen LogP contribution is 2.26. The first kappa shape index (κ1) is 12.2. The minimum absolute atomic E-state index is 0.104. The minimum atomic E-state index is -0.204. The molecule has 4 heteroatoms. The van der Waals surface area contributed by atoms with Crippen molar-refractivity contribution in [1.29, 1.82) is 0 Å². The number of nitrogens with one attached hydrogen (secondary N) is 1. The van der Waals surface area contributed by atoms with Crippen LogP contribution in [0.3, 0.4) is 0 Å². The molecule has 2 aromatic rings. The van der Waals surface area contributed by atoms with Gasteiger partial charge in [0.2, 0.25) is 0 Å². The normalized spacial score (nSPS) is 12.6. The van der Waals surface area contributed by atoms with E-state index in [1.807, 2.05) is 25.3 Å². The lowest BCUT2D eigenvalue weighted by Gasteiger charge is -2.16. The topological polar surface area (TPSA) is 24.9 Å². The largest absolute Gasteiger partial charge is 0.306 e. The number of hydrogen-bond donors (Lipinski definition) is 1. The highest BCUT2D eigenvalue weighted by molar-refractivity contribution is 7.11. The summed E-state index contributed by atoms with van der Waals surface area (Å²) in [5, 5.41) is 4.44. The Bertz CT molecular complexity index is 478. The van der Waals surface area contributed by atoms with Crippen molar-refractivity contribution in [1.82, 2.24) is 10.3 Å². The highest BCUT2D eigenvalue weighted by Gasteiger charge is 2.15. The summed E-state index contributed by atoms with van der Waals surface area (Å²) in [6.07, 6.45) is 1.89. The molecule has 0 saturated carbocycles. The summed E-state index contributed by atoms with van der Waals surface area (Å²) in [5.41, 5.74) is 1.07. The van der Waals surface area contributed by atoms with E-state index in [1.54, 1.807) is 11.3 Å². The Morgan fingerprint density at radius 3 is 2.59 bits per heavy atom. The third-order valence-electron chi connectivity index (χ3n) is 2.54. The summed E-state index contributed by atoms with van der Waals surface area (Å²) in [7, 11) is 0. The Morgan fingerprint density at radius 1 is 1.35 bits per heavy atom. The van der Waals surface area contributed by atoms with E-state index >= 15 is 0 Å². The van der Waals surface area contributed by atoms with Gasteiger partial charge in [0, 0.05) is 11.1 Å². The van der Waals surface area contributed by atoms with Crippen LogP contribution >= 0.6 is 11.3 Å². The van der Waals surface area contributed by atoms with E-state index < -0.39 is 0 Å². The maximum Gasteiger partial charge on any atom is 0.123 e. The molecule has 0 spiro atoms.